The number of carboxylic acid groups (broad SMARTS) is 1. The third-order valence-corrected chi connectivity index (χ3v) is 6.10. The fourth-order valence-electron chi connectivity index (χ4n) is 3.88. The number of methoxy groups -OCH3 is 2. The summed E-state index contributed by atoms with van der Waals surface area (Å²) in [5.41, 5.74) is 2.97. The number of aliphatic carboxylic acids is 1. The summed E-state index contributed by atoms with van der Waals surface area (Å²) in [5, 5.41) is 12.3. The molecule has 0 aromatic heterocycles. The minimum atomic E-state index is -1.03. The lowest BCUT2D eigenvalue weighted by Gasteiger charge is -2.38. The molecule has 1 aliphatic heterocycles. The molecular formula is C23H28N2O5S. The molecule has 0 fully saturated rings. The first-order valence-corrected chi connectivity index (χ1v) is 11.5. The number of thioether (sulfide) groups is 1. The number of rotatable bonds is 8. The number of ether oxygens (including phenoxy) is 2. The molecule has 2 N–H and O–H groups in total. The quantitative estimate of drug-likeness (QED) is 0.647. The molecule has 0 unspecified atom stereocenters. The minimum Gasteiger partial charge on any atom is -0.493 e. The van der Waals surface area contributed by atoms with E-state index in [4.69, 9.17) is 9.47 Å². The van der Waals surface area contributed by atoms with Gasteiger partial charge < -0.3 is 24.8 Å². The van der Waals surface area contributed by atoms with E-state index in [2.05, 4.69) is 5.32 Å². The molecule has 7 nitrogen and oxygen atoms in total. The Morgan fingerprint density at radius 1 is 1.19 bits per heavy atom. The normalized spacial score (nSPS) is 16.2. The third kappa shape index (κ3) is 5.07. The zero-order chi connectivity index (χ0) is 22.4. The number of carboxylic acids is 1. The highest BCUT2D eigenvalue weighted by Crippen LogP contribution is 2.41. The average Bonchev–Trinajstić information content (AvgIpc) is 2.80. The van der Waals surface area contributed by atoms with Crippen molar-refractivity contribution in [2.24, 2.45) is 0 Å². The Hall–Kier alpha value is -2.87. The van der Waals surface area contributed by atoms with Gasteiger partial charge in [0.15, 0.2) is 11.5 Å². The summed E-state index contributed by atoms with van der Waals surface area (Å²) in [6.45, 7) is 0.461. The van der Waals surface area contributed by atoms with Crippen LogP contribution in [0.25, 0.3) is 0 Å². The molecule has 0 aliphatic carbocycles. The standard InChI is InChI=1S/C23H28N2O5S/c1-29-19-13-16-9-11-25(23(28)24-18(22(26)27)10-12-31-3)21(15-7-5-4-6-8-15)17(16)14-20(19)30-2/h4-8,13-14,18,21H,9-12H2,1-3H3,(H,24,28)(H,26,27)/t18-,21-/m0/s1. The second-order valence-corrected chi connectivity index (χ2v) is 8.27. The van der Waals surface area contributed by atoms with Crippen molar-refractivity contribution in [3.8, 4) is 11.5 Å². The zero-order valence-electron chi connectivity index (χ0n) is 18.0. The van der Waals surface area contributed by atoms with Gasteiger partial charge >= 0.3 is 12.0 Å². The number of benzene rings is 2. The Kier molecular flexibility index (Phi) is 7.68. The van der Waals surface area contributed by atoms with E-state index in [-0.39, 0.29) is 12.1 Å². The van der Waals surface area contributed by atoms with Crippen LogP contribution in [-0.2, 0) is 11.2 Å². The number of hydrogen-bond donors (Lipinski definition) is 2. The maximum atomic E-state index is 13.2. The molecule has 2 aromatic rings. The van der Waals surface area contributed by atoms with Gasteiger partial charge in [-0.1, -0.05) is 30.3 Å². The molecule has 1 heterocycles. The molecule has 8 heteroatoms. The fourth-order valence-corrected chi connectivity index (χ4v) is 4.36. The highest BCUT2D eigenvalue weighted by Gasteiger charge is 2.34. The Balaban J connectivity index is 1.99. The summed E-state index contributed by atoms with van der Waals surface area (Å²) in [7, 11) is 3.18. The van der Waals surface area contributed by atoms with E-state index in [0.717, 1.165) is 16.7 Å². The van der Waals surface area contributed by atoms with E-state index in [1.165, 1.54) is 0 Å². The van der Waals surface area contributed by atoms with Crippen LogP contribution >= 0.6 is 11.8 Å². The van der Waals surface area contributed by atoms with Gasteiger partial charge in [-0.25, -0.2) is 9.59 Å². The van der Waals surface area contributed by atoms with Crippen molar-refractivity contribution in [2.45, 2.75) is 24.9 Å². The van der Waals surface area contributed by atoms with E-state index < -0.39 is 12.0 Å². The maximum Gasteiger partial charge on any atom is 0.326 e. The topological polar surface area (TPSA) is 88.1 Å². The molecular weight excluding hydrogens is 416 g/mol. The van der Waals surface area contributed by atoms with E-state index in [0.29, 0.717) is 36.6 Å². The van der Waals surface area contributed by atoms with Crippen LogP contribution in [0.4, 0.5) is 4.79 Å². The Morgan fingerprint density at radius 2 is 1.87 bits per heavy atom. The van der Waals surface area contributed by atoms with Gasteiger partial charge in [0, 0.05) is 6.54 Å². The highest BCUT2D eigenvalue weighted by atomic mass is 32.2. The van der Waals surface area contributed by atoms with E-state index >= 15 is 0 Å². The van der Waals surface area contributed by atoms with Gasteiger partial charge in [0.1, 0.15) is 6.04 Å². The molecule has 2 atom stereocenters. The summed E-state index contributed by atoms with van der Waals surface area (Å²) >= 11 is 1.55. The van der Waals surface area contributed by atoms with Crippen LogP contribution in [-0.4, -0.2) is 60.8 Å². The van der Waals surface area contributed by atoms with E-state index in [9.17, 15) is 14.7 Å². The van der Waals surface area contributed by atoms with Crippen LogP contribution in [0.15, 0.2) is 42.5 Å². The maximum absolute atomic E-state index is 13.2. The van der Waals surface area contributed by atoms with Crippen LogP contribution < -0.4 is 14.8 Å². The monoisotopic (exact) mass is 444 g/mol. The molecule has 0 saturated carbocycles. The first kappa shape index (κ1) is 22.8. The molecule has 2 aromatic carbocycles. The van der Waals surface area contributed by atoms with Gasteiger partial charge in [-0.05, 0) is 53.7 Å². The molecule has 0 spiro atoms. The fraction of sp³-hybridized carbons (Fsp3) is 0.391. The van der Waals surface area contributed by atoms with Gasteiger partial charge in [-0.15, -0.1) is 0 Å². The minimum absolute atomic E-state index is 0.361. The summed E-state index contributed by atoms with van der Waals surface area (Å²) in [6.07, 6.45) is 2.91. The van der Waals surface area contributed by atoms with Crippen molar-refractivity contribution in [1.82, 2.24) is 10.2 Å². The van der Waals surface area contributed by atoms with Crippen LogP contribution in [0, 0.1) is 0 Å². The molecule has 166 valence electrons. The van der Waals surface area contributed by atoms with Crippen molar-refractivity contribution in [2.75, 3.05) is 32.8 Å². The SMILES string of the molecule is COc1cc2c(cc1OC)[C@H](c1ccccc1)N(C(=O)N[C@@H](CCSC)C(=O)O)CC2. The van der Waals surface area contributed by atoms with E-state index in [1.807, 2.05) is 48.7 Å². The molecule has 0 radical (unpaired) electrons. The van der Waals surface area contributed by atoms with Crippen molar-refractivity contribution >= 4 is 23.8 Å². The smallest absolute Gasteiger partial charge is 0.326 e. The Morgan fingerprint density at radius 3 is 2.48 bits per heavy atom. The number of amides is 2. The molecule has 31 heavy (non-hydrogen) atoms. The zero-order valence-corrected chi connectivity index (χ0v) is 18.8. The third-order valence-electron chi connectivity index (χ3n) is 5.46. The van der Waals surface area contributed by atoms with Crippen molar-refractivity contribution in [1.29, 1.82) is 0 Å². The largest absolute Gasteiger partial charge is 0.493 e. The predicted molar refractivity (Wildman–Crippen MR) is 121 cm³/mol. The lowest BCUT2D eigenvalue weighted by molar-refractivity contribution is -0.139. The number of nitrogens with zero attached hydrogens (tertiary/aromatic N) is 1. The lowest BCUT2D eigenvalue weighted by atomic mass is 9.88. The first-order chi connectivity index (χ1) is 15.0. The summed E-state index contributed by atoms with van der Waals surface area (Å²) in [4.78, 5) is 26.6. The number of hydrogen-bond acceptors (Lipinski definition) is 5. The Labute approximate surface area is 186 Å². The van der Waals surface area contributed by atoms with Gasteiger partial charge in [0.05, 0.1) is 20.3 Å². The number of carbonyl (C=O) groups excluding carboxylic acids is 1. The van der Waals surface area contributed by atoms with Gasteiger partial charge in [0.2, 0.25) is 0 Å². The lowest BCUT2D eigenvalue weighted by Crippen LogP contribution is -2.51. The highest BCUT2D eigenvalue weighted by molar-refractivity contribution is 7.98. The van der Waals surface area contributed by atoms with E-state index in [1.54, 1.807) is 30.9 Å². The van der Waals surface area contributed by atoms with Gasteiger partial charge in [-0.2, -0.15) is 11.8 Å². The number of carbonyl (C=O) groups is 2. The summed E-state index contributed by atoms with van der Waals surface area (Å²) in [5.74, 6) is 0.864. The summed E-state index contributed by atoms with van der Waals surface area (Å²) < 4.78 is 10.9. The predicted octanol–water partition coefficient (Wildman–Crippen LogP) is 3.57. The van der Waals surface area contributed by atoms with Gasteiger partial charge in [0.25, 0.3) is 0 Å². The second kappa shape index (κ2) is 10.4. The second-order valence-electron chi connectivity index (χ2n) is 7.28. The van der Waals surface area contributed by atoms with Crippen molar-refractivity contribution in [3.05, 3.63) is 59.2 Å². The number of fused-ring (bicyclic) bond motifs is 1. The average molecular weight is 445 g/mol. The van der Waals surface area contributed by atoms with Crippen LogP contribution in [0.3, 0.4) is 0 Å². The van der Waals surface area contributed by atoms with Crippen LogP contribution in [0.5, 0.6) is 11.5 Å². The summed E-state index contributed by atoms with van der Waals surface area (Å²) in [6, 6.07) is 11.9. The number of urea groups is 1. The molecule has 0 bridgehead atoms. The molecule has 2 amide bonds. The van der Waals surface area contributed by atoms with Crippen LogP contribution in [0.1, 0.15) is 29.2 Å². The Bertz CT molecular complexity index is 922. The molecule has 3 rings (SSSR count). The van der Waals surface area contributed by atoms with Crippen LogP contribution in [0.2, 0.25) is 0 Å². The van der Waals surface area contributed by atoms with Crippen molar-refractivity contribution < 1.29 is 24.2 Å². The number of nitrogens with one attached hydrogen (secondary N) is 1. The van der Waals surface area contributed by atoms with Crippen molar-refractivity contribution in [3.63, 3.8) is 0 Å². The molecule has 1 aliphatic rings. The van der Waals surface area contributed by atoms with Gasteiger partial charge in [-0.3, -0.25) is 0 Å². The first-order valence-electron chi connectivity index (χ1n) is 10.1. The molecule has 0 saturated heterocycles.